The molecule has 0 N–H and O–H groups in total. The first kappa shape index (κ1) is 44.2. The fraction of sp³-hybridized carbons (Fsp3) is 0. The summed E-state index contributed by atoms with van der Waals surface area (Å²) in [4.78, 5) is 33.1. The van der Waals surface area contributed by atoms with Crippen molar-refractivity contribution in [3.8, 4) is 45.3 Å². The van der Waals surface area contributed by atoms with Crippen LogP contribution in [-0.2, 0) is 0 Å². The molecule has 6 heterocycles. The number of hydrogen-bond donors (Lipinski definition) is 0. The molecule has 0 radical (unpaired) electrons. The number of furan rings is 1. The topological polar surface area (TPSA) is 103 Å². The number of rotatable bonds is 4. The Morgan fingerprint density at radius 1 is 0.451 bits per heavy atom. The fourth-order valence-electron chi connectivity index (χ4n) is 8.65. The summed E-state index contributed by atoms with van der Waals surface area (Å²) in [7, 11) is 0. The Bertz CT molecular complexity index is 4320. The van der Waals surface area contributed by atoms with E-state index >= 15 is 0 Å². The minimum atomic E-state index is 0.192. The second-order valence-electron chi connectivity index (χ2n) is 16.5. The lowest BCUT2D eigenvalue weighted by Crippen LogP contribution is -1.95. The van der Waals surface area contributed by atoms with Gasteiger partial charge in [0.25, 0.3) is 0 Å². The molecular weight excluding hydrogens is 1010 g/mol. The van der Waals surface area contributed by atoms with Crippen LogP contribution in [0.3, 0.4) is 0 Å². The first-order valence-corrected chi connectivity index (χ1v) is 24.9. The zero-order valence-electron chi connectivity index (χ0n) is 37.2. The summed E-state index contributed by atoms with van der Waals surface area (Å²) in [6, 6.07) is 66.9. The van der Waals surface area contributed by atoms with Crippen LogP contribution in [0.1, 0.15) is 0 Å². The maximum atomic E-state index is 6.51. The second-order valence-corrected chi connectivity index (χ2v) is 19.1. The fourth-order valence-corrected chi connectivity index (χ4v) is 10.6. The van der Waals surface area contributed by atoms with E-state index in [4.69, 9.17) is 42.6 Å². The number of pyridine rings is 1. The summed E-state index contributed by atoms with van der Waals surface area (Å²) < 4.78 is 8.19. The summed E-state index contributed by atoms with van der Waals surface area (Å²) in [5.41, 5.74) is 9.54. The third-order valence-electron chi connectivity index (χ3n) is 12.0. The van der Waals surface area contributed by atoms with E-state index in [-0.39, 0.29) is 5.28 Å². The van der Waals surface area contributed by atoms with E-state index in [9.17, 15) is 0 Å². The molecule has 0 saturated heterocycles. The highest BCUT2D eigenvalue weighted by molar-refractivity contribution is 9.10. The number of benzene rings is 8. The van der Waals surface area contributed by atoms with Gasteiger partial charge >= 0.3 is 0 Å². The van der Waals surface area contributed by atoms with E-state index in [0.717, 1.165) is 86.6 Å². The minimum absolute atomic E-state index is 0.192. The van der Waals surface area contributed by atoms with Crippen LogP contribution in [0.5, 0.6) is 0 Å². The van der Waals surface area contributed by atoms with Crippen molar-refractivity contribution < 1.29 is 4.42 Å². The van der Waals surface area contributed by atoms with Crippen LogP contribution in [-0.4, -0.2) is 34.9 Å². The van der Waals surface area contributed by atoms with Gasteiger partial charge in [0.1, 0.15) is 26.8 Å². The maximum Gasteiger partial charge on any atom is 0.223 e. The van der Waals surface area contributed by atoms with Gasteiger partial charge in [-0.05, 0) is 77.0 Å². The molecule has 0 aliphatic carbocycles. The molecule has 0 fully saturated rings. The highest BCUT2D eigenvalue weighted by atomic mass is 79.9. The molecule has 0 atom stereocenters. The SMILES string of the molecule is Brc1cccc(-c2nc(-c3ccccc3)c3ccccc3n2)c1.Clc1nc(-c2ccc3ccccc3c2)nc2sc3ccccc3c12.Clc1nc(-c2cnc3ccccc3c2)c2oc3ccccc3c2n1. The Kier molecular flexibility index (Phi) is 11.9. The van der Waals surface area contributed by atoms with E-state index < -0.39 is 0 Å². The van der Waals surface area contributed by atoms with Crippen LogP contribution < -0.4 is 0 Å². The van der Waals surface area contributed by atoms with E-state index in [1.54, 1.807) is 17.5 Å². The average Bonchev–Trinajstić information content (AvgIpc) is 3.99. The van der Waals surface area contributed by atoms with Crippen molar-refractivity contribution in [1.29, 1.82) is 0 Å². The van der Waals surface area contributed by atoms with Gasteiger partial charge in [0, 0.05) is 59.2 Å². The van der Waals surface area contributed by atoms with Gasteiger partial charge in [-0.1, -0.05) is 173 Å². The van der Waals surface area contributed by atoms with Crippen LogP contribution in [0.25, 0.3) is 120 Å². The molecule has 0 saturated carbocycles. The van der Waals surface area contributed by atoms with Crippen LogP contribution in [0.15, 0.2) is 215 Å². The highest BCUT2D eigenvalue weighted by Gasteiger charge is 2.18. The lowest BCUT2D eigenvalue weighted by molar-refractivity contribution is 0.667. The number of thiophene rings is 1. The van der Waals surface area contributed by atoms with Crippen molar-refractivity contribution in [1.82, 2.24) is 34.9 Å². The average molecular weight is 1040 g/mol. The standard InChI is InChI=1S/C20H13BrN2.C20H11ClN2S.C19H10ClN3O/c21-16-10-6-9-15(13-16)20-22-18-12-5-4-11-17(18)19(23-20)14-7-2-1-3-8-14;21-18-17-15-7-3-4-8-16(15)24-20(17)23-19(22-18)14-10-9-12-5-1-2-6-13(12)11-14;20-19-22-16(12-9-11-5-1-3-7-14(11)21-10-12)18-17(23-19)13-6-2-4-8-15(13)24-18/h1-13H;1-11H;1-10H. The summed E-state index contributed by atoms with van der Waals surface area (Å²) >= 11 is 17.8. The molecule has 8 aromatic carbocycles. The van der Waals surface area contributed by atoms with E-state index in [0.29, 0.717) is 27.8 Å². The van der Waals surface area contributed by atoms with Gasteiger partial charge < -0.3 is 4.42 Å². The quantitative estimate of drug-likeness (QED) is 0.127. The van der Waals surface area contributed by atoms with E-state index in [1.165, 1.54) is 15.5 Å². The van der Waals surface area contributed by atoms with Gasteiger partial charge in [0.15, 0.2) is 17.2 Å². The second kappa shape index (κ2) is 19.1. The third-order valence-corrected chi connectivity index (χ3v) is 14.0. The first-order valence-electron chi connectivity index (χ1n) is 22.5. The van der Waals surface area contributed by atoms with Crippen LogP contribution in [0.2, 0.25) is 10.4 Å². The predicted molar refractivity (Wildman–Crippen MR) is 296 cm³/mol. The molecule has 0 amide bonds. The summed E-state index contributed by atoms with van der Waals surface area (Å²) in [5.74, 6) is 1.41. The molecular formula is C59H34BrCl2N7OS. The van der Waals surface area contributed by atoms with Crippen molar-refractivity contribution in [2.45, 2.75) is 0 Å². The highest BCUT2D eigenvalue weighted by Crippen LogP contribution is 2.38. The van der Waals surface area contributed by atoms with Crippen molar-refractivity contribution in [3.63, 3.8) is 0 Å². The Morgan fingerprint density at radius 3 is 1.96 bits per heavy atom. The van der Waals surface area contributed by atoms with E-state index in [1.807, 2.05) is 146 Å². The van der Waals surface area contributed by atoms with Crippen molar-refractivity contribution in [2.75, 3.05) is 0 Å². The summed E-state index contributed by atoms with van der Waals surface area (Å²) in [6.07, 6.45) is 1.79. The molecule has 6 aromatic heterocycles. The third kappa shape index (κ3) is 8.83. The predicted octanol–water partition coefficient (Wildman–Crippen LogP) is 17.3. The smallest absolute Gasteiger partial charge is 0.223 e. The Hall–Kier alpha value is -7.99. The number of para-hydroxylation sites is 3. The lowest BCUT2D eigenvalue weighted by atomic mass is 10.1. The monoisotopic (exact) mass is 1040 g/mol. The molecule has 8 nitrogen and oxygen atoms in total. The van der Waals surface area contributed by atoms with Crippen LogP contribution in [0.4, 0.5) is 0 Å². The van der Waals surface area contributed by atoms with Gasteiger partial charge in [-0.25, -0.2) is 29.9 Å². The van der Waals surface area contributed by atoms with Gasteiger partial charge in [-0.3, -0.25) is 4.98 Å². The maximum absolute atomic E-state index is 6.51. The van der Waals surface area contributed by atoms with Crippen LogP contribution >= 0.6 is 50.5 Å². The van der Waals surface area contributed by atoms with Crippen molar-refractivity contribution in [2.24, 2.45) is 0 Å². The molecule has 0 aliphatic rings. The van der Waals surface area contributed by atoms with Gasteiger partial charge in [0.05, 0.1) is 22.1 Å². The number of nitrogens with zero attached hydrogens (tertiary/aromatic N) is 7. The molecule has 71 heavy (non-hydrogen) atoms. The Balaban J connectivity index is 0.000000109. The molecule has 338 valence electrons. The summed E-state index contributed by atoms with van der Waals surface area (Å²) in [5, 5.41) is 8.17. The minimum Gasteiger partial charge on any atom is -0.452 e. The number of halogens is 3. The van der Waals surface area contributed by atoms with Crippen LogP contribution in [0, 0.1) is 0 Å². The first-order chi connectivity index (χ1) is 34.9. The molecule has 14 aromatic rings. The zero-order chi connectivity index (χ0) is 47.8. The normalized spacial score (nSPS) is 11.3. The molecule has 12 heteroatoms. The van der Waals surface area contributed by atoms with Crippen molar-refractivity contribution in [3.05, 3.63) is 221 Å². The molecule has 14 rings (SSSR count). The largest absolute Gasteiger partial charge is 0.452 e. The number of fused-ring (bicyclic) bond motifs is 9. The Labute approximate surface area is 428 Å². The number of hydrogen-bond acceptors (Lipinski definition) is 9. The van der Waals surface area contributed by atoms with Gasteiger partial charge in [0.2, 0.25) is 5.28 Å². The molecule has 0 spiro atoms. The number of aromatic nitrogens is 7. The van der Waals surface area contributed by atoms with Gasteiger partial charge in [-0.2, -0.15) is 0 Å². The van der Waals surface area contributed by atoms with Gasteiger partial charge in [-0.15, -0.1) is 11.3 Å². The molecule has 0 unspecified atom stereocenters. The van der Waals surface area contributed by atoms with Crippen molar-refractivity contribution >= 4 is 125 Å². The zero-order valence-corrected chi connectivity index (χ0v) is 41.1. The Morgan fingerprint density at radius 2 is 1.11 bits per heavy atom. The summed E-state index contributed by atoms with van der Waals surface area (Å²) in [6.45, 7) is 0. The van der Waals surface area contributed by atoms with E-state index in [2.05, 4.69) is 90.5 Å². The molecule has 0 aliphatic heterocycles. The molecule has 0 bridgehead atoms. The lowest BCUT2D eigenvalue weighted by Gasteiger charge is -2.09.